The van der Waals surface area contributed by atoms with E-state index in [2.05, 4.69) is 4.98 Å². The molecule has 15 heavy (non-hydrogen) atoms. The quantitative estimate of drug-likeness (QED) is 0.742. The summed E-state index contributed by atoms with van der Waals surface area (Å²) in [6.07, 6.45) is 1.62. The first-order chi connectivity index (χ1) is 7.25. The van der Waals surface area contributed by atoms with Gasteiger partial charge in [0.1, 0.15) is 5.75 Å². The summed E-state index contributed by atoms with van der Waals surface area (Å²) in [5, 5.41) is 0. The van der Waals surface area contributed by atoms with Gasteiger partial charge in [0, 0.05) is 19.3 Å². The van der Waals surface area contributed by atoms with Crippen molar-refractivity contribution in [1.29, 1.82) is 0 Å². The topological polar surface area (TPSA) is 44.1 Å². The lowest BCUT2D eigenvalue weighted by Gasteiger charge is -2.03. The highest BCUT2D eigenvalue weighted by molar-refractivity contribution is 5.25. The van der Waals surface area contributed by atoms with E-state index in [0.717, 1.165) is 0 Å². The first kappa shape index (κ1) is 9.45. The van der Waals surface area contributed by atoms with E-state index >= 15 is 0 Å². The monoisotopic (exact) mass is 202 g/mol. The summed E-state index contributed by atoms with van der Waals surface area (Å²) in [5.41, 5.74) is -0.330. The second-order valence-electron chi connectivity index (χ2n) is 3.07. The van der Waals surface area contributed by atoms with E-state index in [-0.39, 0.29) is 5.69 Å². The molecule has 0 saturated heterocycles. The maximum absolute atomic E-state index is 11.2. The fraction of sp³-hybridized carbons (Fsp3) is 0.0909. The van der Waals surface area contributed by atoms with Gasteiger partial charge in [0.2, 0.25) is 5.88 Å². The zero-order valence-corrected chi connectivity index (χ0v) is 8.25. The van der Waals surface area contributed by atoms with Crippen molar-refractivity contribution >= 4 is 0 Å². The number of aryl methyl sites for hydroxylation is 1. The highest BCUT2D eigenvalue weighted by Crippen LogP contribution is 2.16. The van der Waals surface area contributed by atoms with Gasteiger partial charge in [-0.05, 0) is 12.1 Å². The number of rotatable bonds is 2. The molecule has 4 heteroatoms. The Hall–Kier alpha value is -2.10. The molecule has 4 nitrogen and oxygen atoms in total. The number of nitrogens with zero attached hydrogens (tertiary/aromatic N) is 2. The molecule has 1 heterocycles. The highest BCUT2D eigenvalue weighted by atomic mass is 16.5. The summed E-state index contributed by atoms with van der Waals surface area (Å²) in [6.45, 7) is 0. The molecular weight excluding hydrogens is 192 g/mol. The standard InChI is InChI=1S/C11H10N2O2/c1-13-8-7-10(12-11(13)14)15-9-5-3-2-4-6-9/h2-8H,1H3. The van der Waals surface area contributed by atoms with E-state index in [4.69, 9.17) is 4.74 Å². The molecule has 0 aliphatic rings. The van der Waals surface area contributed by atoms with Crippen LogP contribution in [0.3, 0.4) is 0 Å². The zero-order chi connectivity index (χ0) is 10.7. The van der Waals surface area contributed by atoms with Gasteiger partial charge in [-0.1, -0.05) is 18.2 Å². The third kappa shape index (κ3) is 2.22. The molecule has 0 amide bonds. The van der Waals surface area contributed by atoms with Gasteiger partial charge in [0.25, 0.3) is 0 Å². The molecule has 0 aliphatic heterocycles. The SMILES string of the molecule is Cn1ccc(Oc2ccccc2)nc1=O. The molecule has 0 spiro atoms. The first-order valence-electron chi connectivity index (χ1n) is 4.52. The molecule has 0 radical (unpaired) electrons. The average Bonchev–Trinajstić information content (AvgIpc) is 2.25. The van der Waals surface area contributed by atoms with Crippen LogP contribution >= 0.6 is 0 Å². The second kappa shape index (κ2) is 3.96. The Bertz CT molecular complexity index is 505. The fourth-order valence-corrected chi connectivity index (χ4v) is 1.12. The van der Waals surface area contributed by atoms with Gasteiger partial charge >= 0.3 is 5.69 Å². The van der Waals surface area contributed by atoms with Gasteiger partial charge in [-0.2, -0.15) is 4.98 Å². The summed E-state index contributed by atoms with van der Waals surface area (Å²) in [5.74, 6) is 0.975. The molecule has 0 saturated carbocycles. The number of para-hydroxylation sites is 1. The van der Waals surface area contributed by atoms with Crippen molar-refractivity contribution in [3.8, 4) is 11.6 Å². The zero-order valence-electron chi connectivity index (χ0n) is 8.25. The number of hydrogen-bond acceptors (Lipinski definition) is 3. The summed E-state index contributed by atoms with van der Waals surface area (Å²) >= 11 is 0. The van der Waals surface area contributed by atoms with Crippen LogP contribution in [0.2, 0.25) is 0 Å². The third-order valence-electron chi connectivity index (χ3n) is 1.91. The molecule has 1 aromatic heterocycles. The van der Waals surface area contributed by atoms with Gasteiger partial charge in [-0.15, -0.1) is 0 Å². The minimum atomic E-state index is -0.330. The van der Waals surface area contributed by atoms with E-state index in [1.165, 1.54) is 4.57 Å². The van der Waals surface area contributed by atoms with Crippen LogP contribution in [0.4, 0.5) is 0 Å². The molecule has 0 fully saturated rings. The Kier molecular flexibility index (Phi) is 2.49. The van der Waals surface area contributed by atoms with Crippen LogP contribution in [0.5, 0.6) is 11.6 Å². The van der Waals surface area contributed by atoms with E-state index in [0.29, 0.717) is 11.6 Å². The second-order valence-corrected chi connectivity index (χ2v) is 3.07. The van der Waals surface area contributed by atoms with Crippen LogP contribution in [0.15, 0.2) is 47.4 Å². The van der Waals surface area contributed by atoms with Gasteiger partial charge in [-0.25, -0.2) is 4.79 Å². The molecule has 2 aromatic rings. The summed E-state index contributed by atoms with van der Waals surface area (Å²) < 4.78 is 6.78. The Morgan fingerprint density at radius 2 is 1.93 bits per heavy atom. The first-order valence-corrected chi connectivity index (χ1v) is 4.52. The Balaban J connectivity index is 2.26. The van der Waals surface area contributed by atoms with Crippen molar-refractivity contribution in [3.63, 3.8) is 0 Å². The van der Waals surface area contributed by atoms with Crippen LogP contribution in [0.25, 0.3) is 0 Å². The van der Waals surface area contributed by atoms with Gasteiger partial charge in [-0.3, -0.25) is 0 Å². The maximum Gasteiger partial charge on any atom is 0.350 e. The number of ether oxygens (including phenoxy) is 1. The molecular formula is C11H10N2O2. The number of hydrogen-bond donors (Lipinski definition) is 0. The van der Waals surface area contributed by atoms with Crippen LogP contribution < -0.4 is 10.4 Å². The van der Waals surface area contributed by atoms with Crippen LogP contribution in [0.1, 0.15) is 0 Å². The van der Waals surface area contributed by atoms with E-state index in [9.17, 15) is 4.79 Å². The van der Waals surface area contributed by atoms with E-state index in [1.807, 2.05) is 18.2 Å². The average molecular weight is 202 g/mol. The molecule has 76 valence electrons. The van der Waals surface area contributed by atoms with Crippen molar-refractivity contribution in [3.05, 3.63) is 53.1 Å². The smallest absolute Gasteiger partial charge is 0.350 e. The Morgan fingerprint density at radius 1 is 1.20 bits per heavy atom. The number of aromatic nitrogens is 2. The minimum absolute atomic E-state index is 0.310. The summed E-state index contributed by atoms with van der Waals surface area (Å²) in [4.78, 5) is 15.0. The lowest BCUT2D eigenvalue weighted by atomic mass is 10.3. The van der Waals surface area contributed by atoms with Gasteiger partial charge in [0.15, 0.2) is 0 Å². The molecule has 0 N–H and O–H groups in total. The van der Waals surface area contributed by atoms with Gasteiger partial charge < -0.3 is 9.30 Å². The van der Waals surface area contributed by atoms with Gasteiger partial charge in [0.05, 0.1) is 0 Å². The lowest BCUT2D eigenvalue weighted by Crippen LogP contribution is -2.18. The summed E-state index contributed by atoms with van der Waals surface area (Å²) in [6, 6.07) is 10.9. The van der Waals surface area contributed by atoms with Crippen molar-refractivity contribution in [2.24, 2.45) is 7.05 Å². The Labute approximate surface area is 86.8 Å². The maximum atomic E-state index is 11.2. The summed E-state index contributed by atoms with van der Waals surface area (Å²) in [7, 11) is 1.64. The van der Waals surface area contributed by atoms with Crippen molar-refractivity contribution in [2.75, 3.05) is 0 Å². The normalized spacial score (nSPS) is 9.93. The minimum Gasteiger partial charge on any atom is -0.439 e. The molecule has 0 bridgehead atoms. The van der Waals surface area contributed by atoms with E-state index < -0.39 is 0 Å². The molecule has 2 rings (SSSR count). The molecule has 0 aliphatic carbocycles. The third-order valence-corrected chi connectivity index (χ3v) is 1.91. The van der Waals surface area contributed by atoms with Crippen LogP contribution in [-0.4, -0.2) is 9.55 Å². The van der Waals surface area contributed by atoms with Crippen LogP contribution in [0, 0.1) is 0 Å². The fourth-order valence-electron chi connectivity index (χ4n) is 1.12. The molecule has 0 unspecified atom stereocenters. The van der Waals surface area contributed by atoms with Crippen molar-refractivity contribution < 1.29 is 4.74 Å². The predicted molar refractivity (Wildman–Crippen MR) is 56.0 cm³/mol. The predicted octanol–water partition coefficient (Wildman–Crippen LogP) is 1.57. The molecule has 1 aromatic carbocycles. The van der Waals surface area contributed by atoms with Crippen molar-refractivity contribution in [1.82, 2.24) is 9.55 Å². The van der Waals surface area contributed by atoms with Crippen LogP contribution in [-0.2, 0) is 7.05 Å². The molecule has 0 atom stereocenters. The largest absolute Gasteiger partial charge is 0.439 e. The number of benzene rings is 1. The van der Waals surface area contributed by atoms with E-state index in [1.54, 1.807) is 31.4 Å². The lowest BCUT2D eigenvalue weighted by molar-refractivity contribution is 0.456. The van der Waals surface area contributed by atoms with Crippen molar-refractivity contribution in [2.45, 2.75) is 0 Å². The highest BCUT2D eigenvalue weighted by Gasteiger charge is 1.99. The Morgan fingerprint density at radius 3 is 2.60 bits per heavy atom.